The highest BCUT2D eigenvalue weighted by atomic mass is 16.5. The molecule has 3 aromatic rings. The summed E-state index contributed by atoms with van der Waals surface area (Å²) in [6, 6.07) is 14.4. The molecule has 23 heavy (non-hydrogen) atoms. The van der Waals surface area contributed by atoms with E-state index in [1.54, 1.807) is 25.1 Å². The number of fused-ring (bicyclic) bond motifs is 1. The second-order valence-corrected chi connectivity index (χ2v) is 4.87. The number of pyridine rings is 1. The SMILES string of the molecule is CCOC(=O)c1c[nH]c2cc(Oc3ccccc3)ccc2c1=O. The van der Waals surface area contributed by atoms with Crippen LogP contribution in [-0.2, 0) is 4.74 Å². The lowest BCUT2D eigenvalue weighted by atomic mass is 10.1. The molecule has 0 aliphatic carbocycles. The van der Waals surface area contributed by atoms with E-state index in [-0.39, 0.29) is 17.6 Å². The molecule has 0 spiro atoms. The van der Waals surface area contributed by atoms with Gasteiger partial charge in [0.15, 0.2) is 0 Å². The van der Waals surface area contributed by atoms with E-state index in [9.17, 15) is 9.59 Å². The fraction of sp³-hybridized carbons (Fsp3) is 0.111. The number of benzene rings is 2. The van der Waals surface area contributed by atoms with Crippen molar-refractivity contribution >= 4 is 16.9 Å². The van der Waals surface area contributed by atoms with Gasteiger partial charge in [0.05, 0.1) is 12.1 Å². The molecule has 0 bridgehead atoms. The summed E-state index contributed by atoms with van der Waals surface area (Å²) in [4.78, 5) is 27.0. The van der Waals surface area contributed by atoms with Gasteiger partial charge >= 0.3 is 5.97 Å². The van der Waals surface area contributed by atoms with Gasteiger partial charge < -0.3 is 14.5 Å². The van der Waals surface area contributed by atoms with Crippen molar-refractivity contribution in [2.45, 2.75) is 6.92 Å². The van der Waals surface area contributed by atoms with Crippen molar-refractivity contribution in [2.24, 2.45) is 0 Å². The quantitative estimate of drug-likeness (QED) is 0.749. The van der Waals surface area contributed by atoms with Gasteiger partial charge in [0.2, 0.25) is 5.43 Å². The third-order valence-electron chi connectivity index (χ3n) is 3.33. The fourth-order valence-corrected chi connectivity index (χ4v) is 2.25. The number of esters is 1. The summed E-state index contributed by atoms with van der Waals surface area (Å²) in [7, 11) is 0. The molecule has 1 N–H and O–H groups in total. The van der Waals surface area contributed by atoms with Crippen LogP contribution in [0.4, 0.5) is 0 Å². The Morgan fingerprint density at radius 1 is 1.09 bits per heavy atom. The highest BCUT2D eigenvalue weighted by molar-refractivity contribution is 5.93. The number of ether oxygens (including phenoxy) is 2. The average Bonchev–Trinajstić information content (AvgIpc) is 2.56. The summed E-state index contributed by atoms with van der Waals surface area (Å²) in [5.74, 6) is 0.681. The zero-order valence-electron chi connectivity index (χ0n) is 12.5. The zero-order chi connectivity index (χ0) is 16.2. The van der Waals surface area contributed by atoms with E-state index in [4.69, 9.17) is 9.47 Å². The summed E-state index contributed by atoms with van der Waals surface area (Å²) in [6.45, 7) is 1.92. The Hall–Kier alpha value is -3.08. The lowest BCUT2D eigenvalue weighted by molar-refractivity contribution is 0.0524. The largest absolute Gasteiger partial charge is 0.462 e. The number of nitrogens with one attached hydrogen (secondary N) is 1. The standard InChI is InChI=1S/C18H15NO4/c1-2-22-18(21)15-11-19-16-10-13(8-9-14(16)17(15)20)23-12-6-4-3-5-7-12/h3-11H,2H2,1H3,(H,19,20). The molecule has 5 heteroatoms. The number of aromatic nitrogens is 1. The lowest BCUT2D eigenvalue weighted by Crippen LogP contribution is -2.18. The molecule has 0 fully saturated rings. The number of aromatic amines is 1. The number of hydrogen-bond acceptors (Lipinski definition) is 4. The maximum Gasteiger partial charge on any atom is 0.343 e. The maximum atomic E-state index is 12.4. The number of para-hydroxylation sites is 1. The fourth-order valence-electron chi connectivity index (χ4n) is 2.25. The molecule has 0 saturated carbocycles. The van der Waals surface area contributed by atoms with Crippen molar-refractivity contribution in [3.63, 3.8) is 0 Å². The second-order valence-electron chi connectivity index (χ2n) is 4.87. The molecule has 0 amide bonds. The Kier molecular flexibility index (Phi) is 4.10. The summed E-state index contributed by atoms with van der Waals surface area (Å²) in [6.07, 6.45) is 1.37. The lowest BCUT2D eigenvalue weighted by Gasteiger charge is -2.07. The Morgan fingerprint density at radius 2 is 1.87 bits per heavy atom. The molecule has 0 aliphatic heterocycles. The average molecular weight is 309 g/mol. The molecule has 0 unspecified atom stereocenters. The zero-order valence-corrected chi connectivity index (χ0v) is 12.5. The minimum atomic E-state index is -0.625. The van der Waals surface area contributed by atoms with Gasteiger partial charge in [-0.15, -0.1) is 0 Å². The van der Waals surface area contributed by atoms with Crippen LogP contribution in [0.1, 0.15) is 17.3 Å². The highest BCUT2D eigenvalue weighted by Gasteiger charge is 2.14. The van der Waals surface area contributed by atoms with Crippen LogP contribution in [-0.4, -0.2) is 17.6 Å². The van der Waals surface area contributed by atoms with Crippen LogP contribution in [0.25, 0.3) is 10.9 Å². The molecular weight excluding hydrogens is 294 g/mol. The van der Waals surface area contributed by atoms with Crippen molar-refractivity contribution < 1.29 is 14.3 Å². The Balaban J connectivity index is 1.97. The minimum absolute atomic E-state index is 0.00363. The van der Waals surface area contributed by atoms with Crippen molar-refractivity contribution in [1.29, 1.82) is 0 Å². The van der Waals surface area contributed by atoms with Gasteiger partial charge in [0, 0.05) is 17.6 Å². The van der Waals surface area contributed by atoms with Crippen LogP contribution in [0.2, 0.25) is 0 Å². The third-order valence-corrected chi connectivity index (χ3v) is 3.33. The van der Waals surface area contributed by atoms with Gasteiger partial charge in [0.25, 0.3) is 0 Å². The second kappa shape index (κ2) is 6.36. The Bertz CT molecular complexity index is 900. The molecule has 0 radical (unpaired) electrons. The first-order valence-electron chi connectivity index (χ1n) is 7.24. The van der Waals surface area contributed by atoms with Crippen LogP contribution >= 0.6 is 0 Å². The van der Waals surface area contributed by atoms with Gasteiger partial charge in [-0.25, -0.2) is 4.79 Å². The summed E-state index contributed by atoms with van der Waals surface area (Å²) in [5.41, 5.74) is 0.232. The monoisotopic (exact) mass is 309 g/mol. The topological polar surface area (TPSA) is 68.4 Å². The van der Waals surface area contributed by atoms with Gasteiger partial charge in [0.1, 0.15) is 17.1 Å². The van der Waals surface area contributed by atoms with Gasteiger partial charge in [-0.05, 0) is 31.2 Å². The third kappa shape index (κ3) is 3.08. The van der Waals surface area contributed by atoms with Crippen molar-refractivity contribution in [2.75, 3.05) is 6.61 Å². The molecule has 0 saturated heterocycles. The van der Waals surface area contributed by atoms with Crippen LogP contribution < -0.4 is 10.2 Å². The molecular formula is C18H15NO4. The summed E-state index contributed by atoms with van der Waals surface area (Å²) < 4.78 is 10.6. The maximum absolute atomic E-state index is 12.4. The van der Waals surface area contributed by atoms with E-state index in [0.29, 0.717) is 22.4 Å². The van der Waals surface area contributed by atoms with E-state index in [0.717, 1.165) is 0 Å². The number of H-pyrrole nitrogens is 1. The molecule has 0 aliphatic rings. The predicted octanol–water partition coefficient (Wildman–Crippen LogP) is 3.50. The van der Waals surface area contributed by atoms with Crippen molar-refractivity contribution in [3.8, 4) is 11.5 Å². The van der Waals surface area contributed by atoms with Crippen LogP contribution in [0.3, 0.4) is 0 Å². The van der Waals surface area contributed by atoms with Gasteiger partial charge in [-0.1, -0.05) is 18.2 Å². The number of carbonyl (C=O) groups excluding carboxylic acids is 1. The molecule has 3 rings (SSSR count). The first kappa shape index (κ1) is 14.8. The van der Waals surface area contributed by atoms with E-state index in [1.165, 1.54) is 6.20 Å². The molecule has 5 nitrogen and oxygen atoms in total. The normalized spacial score (nSPS) is 10.5. The highest BCUT2D eigenvalue weighted by Crippen LogP contribution is 2.23. The van der Waals surface area contributed by atoms with Crippen LogP contribution in [0.15, 0.2) is 59.5 Å². The predicted molar refractivity (Wildman–Crippen MR) is 87.0 cm³/mol. The smallest absolute Gasteiger partial charge is 0.343 e. The van der Waals surface area contributed by atoms with E-state index in [1.807, 2.05) is 30.3 Å². The van der Waals surface area contributed by atoms with Crippen LogP contribution in [0.5, 0.6) is 11.5 Å². The van der Waals surface area contributed by atoms with Crippen molar-refractivity contribution in [1.82, 2.24) is 4.98 Å². The minimum Gasteiger partial charge on any atom is -0.462 e. The Morgan fingerprint density at radius 3 is 2.61 bits per heavy atom. The first-order valence-corrected chi connectivity index (χ1v) is 7.24. The molecule has 2 aromatic carbocycles. The number of carbonyl (C=O) groups is 1. The van der Waals surface area contributed by atoms with Crippen molar-refractivity contribution in [3.05, 3.63) is 70.5 Å². The summed E-state index contributed by atoms with van der Waals surface area (Å²) >= 11 is 0. The number of rotatable bonds is 4. The molecule has 0 atom stereocenters. The summed E-state index contributed by atoms with van der Waals surface area (Å²) in [5, 5.41) is 0.413. The number of hydrogen-bond donors (Lipinski definition) is 1. The van der Waals surface area contributed by atoms with Crippen LogP contribution in [0, 0.1) is 0 Å². The molecule has 1 aromatic heterocycles. The van der Waals surface area contributed by atoms with Gasteiger partial charge in [-0.2, -0.15) is 0 Å². The van der Waals surface area contributed by atoms with E-state index < -0.39 is 5.97 Å². The Labute approximate surface area is 132 Å². The first-order chi connectivity index (χ1) is 11.2. The molecule has 116 valence electrons. The van der Waals surface area contributed by atoms with Gasteiger partial charge in [-0.3, -0.25) is 4.79 Å². The van der Waals surface area contributed by atoms with E-state index in [2.05, 4.69) is 4.98 Å². The molecule has 1 heterocycles. The van der Waals surface area contributed by atoms with E-state index >= 15 is 0 Å².